The number of hydrogen-bond acceptors (Lipinski definition) is 2. The lowest BCUT2D eigenvalue weighted by molar-refractivity contribution is -0.117. The Bertz CT molecular complexity index is 804. The maximum Gasteiger partial charge on any atom is 0.248 e. The lowest BCUT2D eigenvalue weighted by atomic mass is 10.1. The third-order valence-electron chi connectivity index (χ3n) is 4.35. The van der Waals surface area contributed by atoms with Gasteiger partial charge < -0.3 is 16.0 Å². The molecule has 0 aliphatic carbocycles. The van der Waals surface area contributed by atoms with Crippen LogP contribution in [0.1, 0.15) is 16.7 Å². The molecule has 3 rings (SSSR count). The first-order valence-electron chi connectivity index (χ1n) is 8.07. The number of nitrogens with one attached hydrogen (secondary N) is 1. The second-order valence-corrected chi connectivity index (χ2v) is 6.05. The van der Waals surface area contributed by atoms with E-state index in [-0.39, 0.29) is 42.4 Å². The Labute approximate surface area is 165 Å². The Balaban J connectivity index is 0.00000225. The van der Waals surface area contributed by atoms with Crippen molar-refractivity contribution in [2.45, 2.75) is 20.3 Å². The molecule has 0 saturated heterocycles. The van der Waals surface area contributed by atoms with Gasteiger partial charge in [0, 0.05) is 17.9 Å². The highest BCUT2D eigenvalue weighted by Crippen LogP contribution is 2.27. The lowest BCUT2D eigenvalue weighted by Crippen LogP contribution is -2.32. The number of amides is 1. The molecule has 0 fully saturated rings. The molecule has 0 spiro atoms. The van der Waals surface area contributed by atoms with Gasteiger partial charge in [-0.15, -0.1) is 24.0 Å². The van der Waals surface area contributed by atoms with E-state index in [1.807, 2.05) is 43.3 Å². The largest absolute Gasteiger partial charge is 0.370 e. The fourth-order valence-electron chi connectivity index (χ4n) is 2.84. The molecule has 0 aromatic heterocycles. The SMILES string of the molecule is Cc1ccc(NC(N)=NCC(=O)N2CCc3ccccc32)cc1C.I. The fraction of sp³-hybridized carbons (Fsp3) is 0.263. The molecule has 25 heavy (non-hydrogen) atoms. The number of benzene rings is 2. The second-order valence-electron chi connectivity index (χ2n) is 6.05. The van der Waals surface area contributed by atoms with Gasteiger partial charge in [-0.25, -0.2) is 4.99 Å². The highest BCUT2D eigenvalue weighted by molar-refractivity contribution is 14.0. The number of guanidine groups is 1. The molecule has 0 bridgehead atoms. The number of halogens is 1. The standard InChI is InChI=1S/C19H22N4O.HI/c1-13-7-8-16(11-14(13)2)22-19(20)21-12-18(24)23-10-9-15-5-3-4-6-17(15)23;/h3-8,11H,9-10,12H2,1-2H3,(H3,20,21,22);1H. The summed E-state index contributed by atoms with van der Waals surface area (Å²) in [7, 11) is 0. The van der Waals surface area contributed by atoms with Crippen molar-refractivity contribution in [3.8, 4) is 0 Å². The molecule has 1 amide bonds. The van der Waals surface area contributed by atoms with Gasteiger partial charge in [0.15, 0.2) is 5.96 Å². The van der Waals surface area contributed by atoms with Crippen LogP contribution in [0.3, 0.4) is 0 Å². The van der Waals surface area contributed by atoms with Gasteiger partial charge in [0.25, 0.3) is 0 Å². The summed E-state index contributed by atoms with van der Waals surface area (Å²) in [5.74, 6) is 0.212. The molecule has 3 N–H and O–H groups in total. The summed E-state index contributed by atoms with van der Waals surface area (Å²) in [6.45, 7) is 4.85. The van der Waals surface area contributed by atoms with Crippen LogP contribution in [-0.4, -0.2) is 25.0 Å². The third kappa shape index (κ3) is 4.50. The summed E-state index contributed by atoms with van der Waals surface area (Å²) in [5, 5.41) is 3.03. The van der Waals surface area contributed by atoms with Crippen LogP contribution in [0.2, 0.25) is 0 Å². The Morgan fingerprint density at radius 3 is 2.72 bits per heavy atom. The molecule has 5 nitrogen and oxygen atoms in total. The first-order valence-corrected chi connectivity index (χ1v) is 8.07. The average molecular weight is 450 g/mol. The minimum absolute atomic E-state index is 0. The summed E-state index contributed by atoms with van der Waals surface area (Å²) < 4.78 is 0. The van der Waals surface area contributed by atoms with E-state index in [9.17, 15) is 4.79 Å². The molecule has 0 unspecified atom stereocenters. The van der Waals surface area contributed by atoms with Crippen molar-refractivity contribution in [2.24, 2.45) is 10.7 Å². The van der Waals surface area contributed by atoms with E-state index >= 15 is 0 Å². The number of rotatable bonds is 3. The zero-order valence-electron chi connectivity index (χ0n) is 14.5. The van der Waals surface area contributed by atoms with Gasteiger partial charge in [0.1, 0.15) is 6.54 Å². The molecule has 132 valence electrons. The van der Waals surface area contributed by atoms with E-state index in [1.165, 1.54) is 16.7 Å². The van der Waals surface area contributed by atoms with E-state index in [2.05, 4.69) is 23.3 Å². The Morgan fingerprint density at radius 2 is 1.96 bits per heavy atom. The molecule has 1 aliphatic heterocycles. The number of para-hydroxylation sites is 1. The lowest BCUT2D eigenvalue weighted by Gasteiger charge is -2.16. The highest BCUT2D eigenvalue weighted by Gasteiger charge is 2.23. The smallest absolute Gasteiger partial charge is 0.248 e. The number of anilines is 2. The van der Waals surface area contributed by atoms with E-state index < -0.39 is 0 Å². The number of carbonyl (C=O) groups is 1. The first kappa shape index (κ1) is 19.2. The van der Waals surface area contributed by atoms with Crippen LogP contribution in [-0.2, 0) is 11.2 Å². The summed E-state index contributed by atoms with van der Waals surface area (Å²) in [4.78, 5) is 18.4. The number of carbonyl (C=O) groups excluding carboxylic acids is 1. The zero-order chi connectivity index (χ0) is 17.1. The fourth-order valence-corrected chi connectivity index (χ4v) is 2.84. The molecule has 2 aromatic carbocycles. The van der Waals surface area contributed by atoms with E-state index in [0.717, 1.165) is 17.8 Å². The number of fused-ring (bicyclic) bond motifs is 1. The average Bonchev–Trinajstić information content (AvgIpc) is 3.00. The van der Waals surface area contributed by atoms with Gasteiger partial charge in [-0.05, 0) is 55.2 Å². The number of hydrogen-bond donors (Lipinski definition) is 2. The Morgan fingerprint density at radius 1 is 1.20 bits per heavy atom. The molecule has 0 radical (unpaired) electrons. The number of nitrogens with zero attached hydrogens (tertiary/aromatic N) is 2. The van der Waals surface area contributed by atoms with Crippen molar-refractivity contribution in [3.63, 3.8) is 0 Å². The number of nitrogens with two attached hydrogens (primary N) is 1. The minimum Gasteiger partial charge on any atom is -0.370 e. The van der Waals surface area contributed by atoms with Crippen LogP contribution in [0, 0.1) is 13.8 Å². The molecule has 6 heteroatoms. The molecular formula is C19H23IN4O. The molecule has 0 atom stereocenters. The molecule has 2 aromatic rings. The second kappa shape index (κ2) is 8.33. The Kier molecular flexibility index (Phi) is 6.41. The Hall–Kier alpha value is -2.09. The predicted octanol–water partition coefficient (Wildman–Crippen LogP) is 3.24. The summed E-state index contributed by atoms with van der Waals surface area (Å²) in [5.41, 5.74) is 11.4. The van der Waals surface area contributed by atoms with Crippen molar-refractivity contribution in [1.82, 2.24) is 0 Å². The maximum atomic E-state index is 12.4. The molecule has 0 saturated carbocycles. The van der Waals surface area contributed by atoms with Gasteiger partial charge in [0.2, 0.25) is 5.91 Å². The van der Waals surface area contributed by atoms with Crippen molar-refractivity contribution < 1.29 is 4.79 Å². The van der Waals surface area contributed by atoms with Crippen LogP contribution in [0.25, 0.3) is 0 Å². The monoisotopic (exact) mass is 450 g/mol. The van der Waals surface area contributed by atoms with Crippen molar-refractivity contribution >= 4 is 47.2 Å². The highest BCUT2D eigenvalue weighted by atomic mass is 127. The van der Waals surface area contributed by atoms with Gasteiger partial charge in [-0.1, -0.05) is 24.3 Å². The number of aryl methyl sites for hydroxylation is 2. The van der Waals surface area contributed by atoms with Crippen molar-refractivity contribution in [3.05, 3.63) is 59.2 Å². The van der Waals surface area contributed by atoms with E-state index in [1.54, 1.807) is 4.90 Å². The quantitative estimate of drug-likeness (QED) is 0.429. The van der Waals surface area contributed by atoms with Crippen LogP contribution in [0.4, 0.5) is 11.4 Å². The van der Waals surface area contributed by atoms with E-state index in [4.69, 9.17) is 5.73 Å². The normalized spacial score (nSPS) is 13.2. The first-order chi connectivity index (χ1) is 11.5. The summed E-state index contributed by atoms with van der Waals surface area (Å²) in [6.07, 6.45) is 0.891. The molecule has 1 heterocycles. The van der Waals surface area contributed by atoms with Gasteiger partial charge >= 0.3 is 0 Å². The summed E-state index contributed by atoms with van der Waals surface area (Å²) in [6, 6.07) is 14.0. The van der Waals surface area contributed by atoms with Crippen LogP contribution >= 0.6 is 24.0 Å². The zero-order valence-corrected chi connectivity index (χ0v) is 16.8. The maximum absolute atomic E-state index is 12.4. The third-order valence-corrected chi connectivity index (χ3v) is 4.35. The van der Waals surface area contributed by atoms with Crippen molar-refractivity contribution in [1.29, 1.82) is 0 Å². The van der Waals surface area contributed by atoms with Gasteiger partial charge in [-0.3, -0.25) is 4.79 Å². The molecule has 1 aliphatic rings. The number of aliphatic imine (C=N–C) groups is 1. The van der Waals surface area contributed by atoms with Gasteiger partial charge in [-0.2, -0.15) is 0 Å². The van der Waals surface area contributed by atoms with Gasteiger partial charge in [0.05, 0.1) is 0 Å². The van der Waals surface area contributed by atoms with E-state index in [0.29, 0.717) is 6.54 Å². The predicted molar refractivity (Wildman–Crippen MR) is 114 cm³/mol. The summed E-state index contributed by atoms with van der Waals surface area (Å²) >= 11 is 0. The van der Waals surface area contributed by atoms with Crippen LogP contribution in [0.5, 0.6) is 0 Å². The van der Waals surface area contributed by atoms with Crippen LogP contribution in [0.15, 0.2) is 47.5 Å². The topological polar surface area (TPSA) is 70.7 Å². The molecular weight excluding hydrogens is 427 g/mol. The van der Waals surface area contributed by atoms with Crippen molar-refractivity contribution in [2.75, 3.05) is 23.3 Å². The minimum atomic E-state index is -0.0372. The van der Waals surface area contributed by atoms with Crippen LogP contribution < -0.4 is 16.0 Å².